The molecule has 3 saturated heterocycles. The average molecular weight is 964 g/mol. The number of aliphatic hydroxyl groups is 4. The van der Waals surface area contributed by atoms with Crippen molar-refractivity contribution in [2.75, 3.05) is 21.3 Å². The predicted octanol–water partition coefficient (Wildman–Crippen LogP) is 3.99. The summed E-state index contributed by atoms with van der Waals surface area (Å²) < 4.78 is 67.7. The summed E-state index contributed by atoms with van der Waals surface area (Å²) in [6.07, 6.45) is -2.20. The second-order valence-electron chi connectivity index (χ2n) is 21.4. The van der Waals surface area contributed by atoms with Crippen LogP contribution in [0.4, 0.5) is 0 Å². The molecule has 1 aromatic heterocycles. The van der Waals surface area contributed by atoms with E-state index < -0.39 is 115 Å². The van der Waals surface area contributed by atoms with Gasteiger partial charge in [-0.05, 0) is 114 Å². The Morgan fingerprint density at radius 3 is 2.04 bits per heavy atom. The molecule has 4 saturated carbocycles. The second-order valence-corrected chi connectivity index (χ2v) is 21.4. The fraction of sp³-hybridized carbons (Fsp3) is 0.860. The molecule has 7 fully saturated rings. The Balaban J connectivity index is 0.889. The maximum absolute atomic E-state index is 13.2. The molecule has 0 radical (unpaired) electrons. The van der Waals surface area contributed by atoms with Gasteiger partial charge in [-0.2, -0.15) is 0 Å². The highest BCUT2D eigenvalue weighted by Crippen LogP contribution is 2.71. The van der Waals surface area contributed by atoms with Gasteiger partial charge in [0.25, 0.3) is 0 Å². The van der Waals surface area contributed by atoms with Crippen molar-refractivity contribution >= 4 is 11.9 Å². The van der Waals surface area contributed by atoms with Crippen molar-refractivity contribution in [3.05, 3.63) is 30.1 Å². The highest BCUT2D eigenvalue weighted by Gasteiger charge is 2.77. The van der Waals surface area contributed by atoms with Crippen molar-refractivity contribution < 1.29 is 82.1 Å². The minimum absolute atomic E-state index is 0.000786. The van der Waals surface area contributed by atoms with Crippen molar-refractivity contribution in [2.45, 2.75) is 222 Å². The molecule has 384 valence electrons. The normalized spacial score (nSPS) is 48.6. The molecule has 3 aliphatic heterocycles. The number of fused-ring (bicyclic) bond motifs is 5. The second kappa shape index (κ2) is 20.2. The van der Waals surface area contributed by atoms with E-state index in [2.05, 4.69) is 11.9 Å². The molecule has 4 N–H and O–H groups in total. The van der Waals surface area contributed by atoms with Crippen LogP contribution in [0.1, 0.15) is 123 Å². The molecule has 68 heavy (non-hydrogen) atoms. The SMILES string of the molecule is CO[C@@H]1[C@@H](O)[C@H](O[C@H]2[C@@H](C)O[C@@H](O[C@@H]3[C@@H](OC)C[C@H](O[C@H]4CC[C@@]5(C)[C@@H](CC[C@@H]6[C@@H]5C[C@@H](OC(C)=O)[C@]5(C)[C@](O)(C(C)OC(=O)c7cccnc7)CC[C@]65O)C4)O[C@@H]3C)C[C@H]2OC)O[C@H](C)[C@H]1O. The molecule has 4 heterocycles. The molecular formula is C50H77NO17. The molecule has 4 aliphatic carbocycles. The van der Waals surface area contributed by atoms with Crippen LogP contribution in [0.15, 0.2) is 24.5 Å². The third-order valence-corrected chi connectivity index (χ3v) is 18.1. The van der Waals surface area contributed by atoms with Crippen LogP contribution in [0.2, 0.25) is 0 Å². The van der Waals surface area contributed by atoms with Gasteiger partial charge in [0, 0.05) is 53.5 Å². The third kappa shape index (κ3) is 9.08. The van der Waals surface area contributed by atoms with Gasteiger partial charge in [0.05, 0.1) is 53.2 Å². The smallest absolute Gasteiger partial charge is 0.340 e. The Morgan fingerprint density at radius 1 is 0.765 bits per heavy atom. The highest BCUT2D eigenvalue weighted by atomic mass is 16.8. The third-order valence-electron chi connectivity index (χ3n) is 18.1. The van der Waals surface area contributed by atoms with Gasteiger partial charge in [0.2, 0.25) is 0 Å². The standard InChI is InChI=1S/C50H77NO17/c1-25-40(53)44(60-10)41(54)46(63-25)68-43-27(3)62-39(23-36(43)59-9)67-42-26(2)61-38(22-35(42)58-8)66-32-15-16-47(6)31(20-32)13-14-33-34(47)21-37(65-29(5)52)48(7)49(56,17-18-50(33,48)57)28(4)64-45(55)30-12-11-19-51-24-30/h11-12,19,24-28,31-44,46,53-54,56-57H,13-18,20-23H2,1-10H3/t25-,26-,27-,28?,31+,32+,33-,34+,35+,36-,37-,38+,39+,40-,41-,42+,43+,44+,46+,47+,48-,49-,50+/m1/s1. The summed E-state index contributed by atoms with van der Waals surface area (Å²) in [6, 6.07) is 3.24. The Hall–Kier alpha value is -2.43. The lowest BCUT2D eigenvalue weighted by Gasteiger charge is -2.66. The van der Waals surface area contributed by atoms with Crippen LogP contribution in [0.25, 0.3) is 0 Å². The van der Waals surface area contributed by atoms with E-state index in [0.29, 0.717) is 19.3 Å². The molecular weight excluding hydrogens is 887 g/mol. The topological polar surface area (TPSA) is 229 Å². The maximum Gasteiger partial charge on any atom is 0.340 e. The number of nitrogens with zero attached hydrogens (tertiary/aromatic N) is 1. The summed E-state index contributed by atoms with van der Waals surface area (Å²) in [6.45, 7) is 12.6. The Morgan fingerprint density at radius 2 is 1.43 bits per heavy atom. The maximum atomic E-state index is 13.2. The summed E-state index contributed by atoms with van der Waals surface area (Å²) in [4.78, 5) is 30.1. The van der Waals surface area contributed by atoms with Crippen LogP contribution in [0.3, 0.4) is 0 Å². The number of methoxy groups -OCH3 is 3. The van der Waals surface area contributed by atoms with Crippen LogP contribution in [0.5, 0.6) is 0 Å². The van der Waals surface area contributed by atoms with Crippen LogP contribution < -0.4 is 0 Å². The van der Waals surface area contributed by atoms with Gasteiger partial charge in [-0.3, -0.25) is 9.78 Å². The van der Waals surface area contributed by atoms with E-state index in [1.165, 1.54) is 20.2 Å². The zero-order valence-corrected chi connectivity index (χ0v) is 41.4. The van der Waals surface area contributed by atoms with Gasteiger partial charge < -0.3 is 72.5 Å². The van der Waals surface area contributed by atoms with Gasteiger partial charge in [0.1, 0.15) is 48.3 Å². The molecule has 0 spiro atoms. The number of aromatic nitrogens is 1. The summed E-state index contributed by atoms with van der Waals surface area (Å²) >= 11 is 0. The van der Waals surface area contributed by atoms with Crippen LogP contribution in [-0.2, 0) is 56.9 Å². The predicted molar refractivity (Wildman–Crippen MR) is 239 cm³/mol. The number of hydrogen-bond acceptors (Lipinski definition) is 18. The number of carbonyl (C=O) groups excluding carboxylic acids is 2. The zero-order valence-electron chi connectivity index (χ0n) is 41.4. The van der Waals surface area contributed by atoms with E-state index in [0.717, 1.165) is 32.1 Å². The molecule has 23 atom stereocenters. The summed E-state index contributed by atoms with van der Waals surface area (Å²) in [7, 11) is 4.66. The largest absolute Gasteiger partial charge is 0.462 e. The van der Waals surface area contributed by atoms with Gasteiger partial charge in [0.15, 0.2) is 18.9 Å². The molecule has 1 aromatic rings. The fourth-order valence-electron chi connectivity index (χ4n) is 14.1. The summed E-state index contributed by atoms with van der Waals surface area (Å²) in [5.74, 6) is -1.03. The molecule has 7 aliphatic rings. The van der Waals surface area contributed by atoms with Crippen molar-refractivity contribution in [3.63, 3.8) is 0 Å². The van der Waals surface area contributed by atoms with E-state index >= 15 is 0 Å². The summed E-state index contributed by atoms with van der Waals surface area (Å²) in [5.41, 5.74) is -4.35. The number of carbonyl (C=O) groups is 2. The van der Waals surface area contributed by atoms with Gasteiger partial charge in [-0.1, -0.05) is 13.8 Å². The Labute approximate surface area is 400 Å². The van der Waals surface area contributed by atoms with E-state index in [4.69, 9.17) is 52.1 Å². The minimum Gasteiger partial charge on any atom is -0.462 e. The number of hydrogen-bond donors (Lipinski definition) is 4. The quantitative estimate of drug-likeness (QED) is 0.162. The van der Waals surface area contributed by atoms with Gasteiger partial charge >= 0.3 is 11.9 Å². The first kappa shape index (κ1) is 51.9. The lowest BCUT2D eigenvalue weighted by molar-refractivity contribution is -0.352. The number of esters is 2. The average Bonchev–Trinajstić information content (AvgIpc) is 3.53. The van der Waals surface area contributed by atoms with Gasteiger partial charge in [-0.25, -0.2) is 4.79 Å². The molecule has 8 rings (SSSR count). The van der Waals surface area contributed by atoms with Gasteiger partial charge in [-0.15, -0.1) is 0 Å². The summed E-state index contributed by atoms with van der Waals surface area (Å²) in [5, 5.41) is 47.1. The first-order valence-electron chi connectivity index (χ1n) is 24.8. The molecule has 18 heteroatoms. The molecule has 18 nitrogen and oxygen atoms in total. The highest BCUT2D eigenvalue weighted by molar-refractivity contribution is 5.89. The zero-order chi connectivity index (χ0) is 49.1. The van der Waals surface area contributed by atoms with E-state index in [1.54, 1.807) is 46.4 Å². The fourth-order valence-corrected chi connectivity index (χ4v) is 14.1. The number of aliphatic hydroxyl groups excluding tert-OH is 2. The van der Waals surface area contributed by atoms with Crippen molar-refractivity contribution in [1.82, 2.24) is 4.98 Å². The lowest BCUT2D eigenvalue weighted by atomic mass is 9.42. The first-order chi connectivity index (χ1) is 32.2. The molecule has 1 unspecified atom stereocenters. The number of pyridine rings is 1. The first-order valence-corrected chi connectivity index (χ1v) is 24.8. The number of rotatable bonds is 13. The minimum atomic E-state index is -1.68. The van der Waals surface area contributed by atoms with Crippen molar-refractivity contribution in [3.8, 4) is 0 Å². The van der Waals surface area contributed by atoms with E-state index in [9.17, 15) is 30.0 Å². The van der Waals surface area contributed by atoms with Crippen molar-refractivity contribution in [2.24, 2.45) is 28.6 Å². The Kier molecular flexibility index (Phi) is 15.4. The monoisotopic (exact) mass is 964 g/mol. The molecule has 0 amide bonds. The van der Waals surface area contributed by atoms with Crippen molar-refractivity contribution in [1.29, 1.82) is 0 Å². The molecule has 0 bridgehead atoms. The van der Waals surface area contributed by atoms with Crippen LogP contribution >= 0.6 is 0 Å². The van der Waals surface area contributed by atoms with Crippen LogP contribution in [-0.4, -0.2) is 168 Å². The Bertz CT molecular complexity index is 1900. The van der Waals surface area contributed by atoms with E-state index in [1.807, 2.05) is 20.8 Å². The number of ether oxygens (including phenoxy) is 11. The van der Waals surface area contributed by atoms with Crippen LogP contribution in [0, 0.1) is 28.6 Å². The van der Waals surface area contributed by atoms with E-state index in [-0.39, 0.29) is 53.8 Å². The molecule has 0 aromatic carbocycles. The lowest BCUT2D eigenvalue weighted by Crippen LogP contribution is -2.72.